The van der Waals surface area contributed by atoms with E-state index in [2.05, 4.69) is 10.6 Å². The Morgan fingerprint density at radius 2 is 1.84 bits per heavy atom. The second-order valence-corrected chi connectivity index (χ2v) is 5.94. The van der Waals surface area contributed by atoms with Crippen molar-refractivity contribution in [2.24, 2.45) is 0 Å². The van der Waals surface area contributed by atoms with Gasteiger partial charge in [0.15, 0.2) is 0 Å². The van der Waals surface area contributed by atoms with Crippen LogP contribution < -0.4 is 10.6 Å². The van der Waals surface area contributed by atoms with Crippen LogP contribution in [-0.2, 0) is 11.0 Å². The van der Waals surface area contributed by atoms with E-state index in [9.17, 15) is 22.4 Å². The Morgan fingerprint density at radius 1 is 1.16 bits per heavy atom. The lowest BCUT2D eigenvalue weighted by Gasteiger charge is -2.18. The summed E-state index contributed by atoms with van der Waals surface area (Å²) in [6.45, 7) is 3.05. The van der Waals surface area contributed by atoms with Gasteiger partial charge in [-0.05, 0) is 49.7 Å². The first-order valence-corrected chi connectivity index (χ1v) is 7.66. The van der Waals surface area contributed by atoms with E-state index in [1.807, 2.05) is 0 Å². The normalized spacial score (nSPS) is 12.6. The van der Waals surface area contributed by atoms with Crippen molar-refractivity contribution in [3.05, 3.63) is 58.4 Å². The van der Waals surface area contributed by atoms with Gasteiger partial charge in [0.25, 0.3) is 0 Å². The molecular formula is C17H15ClF4N2O. The maximum atomic E-state index is 13.5. The van der Waals surface area contributed by atoms with Gasteiger partial charge in [-0.25, -0.2) is 4.39 Å². The number of rotatable bonds is 4. The summed E-state index contributed by atoms with van der Waals surface area (Å²) < 4.78 is 52.6. The lowest BCUT2D eigenvalue weighted by molar-refractivity contribution is -0.137. The molecule has 2 N–H and O–H groups in total. The molecule has 2 rings (SSSR count). The number of amides is 1. The number of aryl methyl sites for hydroxylation is 1. The highest BCUT2D eigenvalue weighted by Crippen LogP contribution is 2.36. The average Bonchev–Trinajstić information content (AvgIpc) is 2.51. The van der Waals surface area contributed by atoms with Crippen molar-refractivity contribution in [1.82, 2.24) is 0 Å². The van der Waals surface area contributed by atoms with Crippen LogP contribution in [0.3, 0.4) is 0 Å². The summed E-state index contributed by atoms with van der Waals surface area (Å²) in [5, 5.41) is 4.87. The number of carbonyl (C=O) groups is 1. The quantitative estimate of drug-likeness (QED) is 0.718. The van der Waals surface area contributed by atoms with E-state index in [0.29, 0.717) is 11.3 Å². The van der Waals surface area contributed by atoms with Crippen LogP contribution in [0.1, 0.15) is 18.1 Å². The molecule has 0 aliphatic carbocycles. The van der Waals surface area contributed by atoms with E-state index >= 15 is 0 Å². The predicted octanol–water partition coefficient (Wildman–Crippen LogP) is 5.25. The molecule has 0 heterocycles. The molecule has 0 bridgehead atoms. The number of nitrogens with one attached hydrogen (secondary N) is 2. The second kappa shape index (κ2) is 7.31. The van der Waals surface area contributed by atoms with Gasteiger partial charge in [-0.1, -0.05) is 17.7 Å². The third-order valence-corrected chi connectivity index (χ3v) is 3.73. The highest BCUT2D eigenvalue weighted by Gasteiger charge is 2.34. The first-order chi connectivity index (χ1) is 11.6. The Balaban J connectivity index is 2.15. The number of carbonyl (C=O) groups excluding carboxylic acids is 1. The van der Waals surface area contributed by atoms with Gasteiger partial charge in [0, 0.05) is 10.7 Å². The van der Waals surface area contributed by atoms with Crippen molar-refractivity contribution in [2.45, 2.75) is 26.1 Å². The summed E-state index contributed by atoms with van der Waals surface area (Å²) in [6.07, 6.45) is -4.66. The molecule has 0 spiro atoms. The number of hydrogen-bond donors (Lipinski definition) is 2. The molecule has 1 atom stereocenters. The zero-order chi connectivity index (χ0) is 18.8. The molecule has 3 nitrogen and oxygen atoms in total. The van der Waals surface area contributed by atoms with E-state index < -0.39 is 35.2 Å². The molecule has 2 aromatic carbocycles. The first kappa shape index (κ1) is 19.1. The maximum absolute atomic E-state index is 13.5. The van der Waals surface area contributed by atoms with Crippen LogP contribution in [0.15, 0.2) is 36.4 Å². The number of anilines is 2. The summed E-state index contributed by atoms with van der Waals surface area (Å²) in [5.41, 5.74) is -0.649. The minimum atomic E-state index is -4.66. The van der Waals surface area contributed by atoms with E-state index in [1.54, 1.807) is 13.0 Å². The van der Waals surface area contributed by atoms with Crippen molar-refractivity contribution in [2.75, 3.05) is 10.6 Å². The molecule has 0 aromatic heterocycles. The molecular weight excluding hydrogens is 360 g/mol. The highest BCUT2D eigenvalue weighted by molar-refractivity contribution is 6.30. The summed E-state index contributed by atoms with van der Waals surface area (Å²) >= 11 is 5.60. The monoisotopic (exact) mass is 374 g/mol. The van der Waals surface area contributed by atoms with Gasteiger partial charge < -0.3 is 10.6 Å². The molecule has 1 unspecified atom stereocenters. The highest BCUT2D eigenvalue weighted by atomic mass is 35.5. The maximum Gasteiger partial charge on any atom is 0.418 e. The molecule has 134 valence electrons. The van der Waals surface area contributed by atoms with Crippen LogP contribution in [0.25, 0.3) is 0 Å². The van der Waals surface area contributed by atoms with E-state index in [1.165, 1.54) is 25.1 Å². The molecule has 0 aliphatic heterocycles. The molecule has 0 aliphatic rings. The Hall–Kier alpha value is -2.28. The molecule has 25 heavy (non-hydrogen) atoms. The molecule has 0 saturated carbocycles. The fourth-order valence-electron chi connectivity index (χ4n) is 2.10. The molecule has 0 radical (unpaired) electrons. The van der Waals surface area contributed by atoms with Gasteiger partial charge in [-0.15, -0.1) is 0 Å². The van der Waals surface area contributed by atoms with Crippen molar-refractivity contribution < 1.29 is 22.4 Å². The summed E-state index contributed by atoms with van der Waals surface area (Å²) in [6, 6.07) is 6.50. The molecule has 8 heteroatoms. The lowest BCUT2D eigenvalue weighted by Crippen LogP contribution is -2.32. The zero-order valence-electron chi connectivity index (χ0n) is 13.3. The van der Waals surface area contributed by atoms with Gasteiger partial charge in [0.1, 0.15) is 11.9 Å². The smallest absolute Gasteiger partial charge is 0.374 e. The third kappa shape index (κ3) is 4.85. The summed E-state index contributed by atoms with van der Waals surface area (Å²) in [4.78, 5) is 12.2. The van der Waals surface area contributed by atoms with Gasteiger partial charge in [0.2, 0.25) is 5.91 Å². The Labute approximate surface area is 147 Å². The van der Waals surface area contributed by atoms with Crippen LogP contribution in [0.4, 0.5) is 28.9 Å². The number of benzene rings is 2. The lowest BCUT2D eigenvalue weighted by atomic mass is 10.1. The van der Waals surface area contributed by atoms with E-state index in [4.69, 9.17) is 11.6 Å². The minimum absolute atomic E-state index is 0.0911. The van der Waals surface area contributed by atoms with E-state index in [0.717, 1.165) is 12.1 Å². The van der Waals surface area contributed by atoms with Crippen LogP contribution in [0, 0.1) is 12.7 Å². The number of alkyl halides is 3. The van der Waals surface area contributed by atoms with Gasteiger partial charge >= 0.3 is 6.18 Å². The van der Waals surface area contributed by atoms with Crippen molar-refractivity contribution in [1.29, 1.82) is 0 Å². The Kier molecular flexibility index (Phi) is 5.57. The summed E-state index contributed by atoms with van der Waals surface area (Å²) in [7, 11) is 0. The predicted molar refractivity (Wildman–Crippen MR) is 89.3 cm³/mol. The van der Waals surface area contributed by atoms with Crippen LogP contribution in [0.5, 0.6) is 0 Å². The van der Waals surface area contributed by atoms with Crippen LogP contribution in [0.2, 0.25) is 5.02 Å². The zero-order valence-corrected chi connectivity index (χ0v) is 14.1. The van der Waals surface area contributed by atoms with Gasteiger partial charge in [0.05, 0.1) is 11.3 Å². The minimum Gasteiger partial charge on any atom is -0.374 e. The Morgan fingerprint density at radius 3 is 2.44 bits per heavy atom. The summed E-state index contributed by atoms with van der Waals surface area (Å²) in [5.74, 6) is -1.15. The fraction of sp³-hybridized carbons (Fsp3) is 0.235. The number of hydrogen-bond acceptors (Lipinski definition) is 2. The second-order valence-electron chi connectivity index (χ2n) is 5.51. The van der Waals surface area contributed by atoms with Crippen molar-refractivity contribution in [3.8, 4) is 0 Å². The van der Waals surface area contributed by atoms with Gasteiger partial charge in [-0.3, -0.25) is 4.79 Å². The van der Waals surface area contributed by atoms with Gasteiger partial charge in [-0.2, -0.15) is 13.2 Å². The van der Waals surface area contributed by atoms with Crippen LogP contribution >= 0.6 is 11.6 Å². The SMILES string of the molecule is Cc1ccc(NC(C)C(=O)Nc2ccc(Cl)cc2C(F)(F)F)cc1F. The fourth-order valence-corrected chi connectivity index (χ4v) is 2.27. The molecule has 0 fully saturated rings. The average molecular weight is 375 g/mol. The third-order valence-electron chi connectivity index (χ3n) is 3.49. The van der Waals surface area contributed by atoms with Crippen molar-refractivity contribution >= 4 is 28.9 Å². The molecule has 0 saturated heterocycles. The molecule has 2 aromatic rings. The first-order valence-electron chi connectivity index (χ1n) is 7.28. The van der Waals surface area contributed by atoms with E-state index in [-0.39, 0.29) is 5.02 Å². The largest absolute Gasteiger partial charge is 0.418 e. The topological polar surface area (TPSA) is 41.1 Å². The molecule has 1 amide bonds. The van der Waals surface area contributed by atoms with Crippen LogP contribution in [-0.4, -0.2) is 11.9 Å². The standard InChI is InChI=1S/C17H15ClF4N2O/c1-9-3-5-12(8-14(9)19)23-10(2)16(25)24-15-6-4-11(18)7-13(15)17(20,21)22/h3-8,10,23H,1-2H3,(H,24,25). The van der Waals surface area contributed by atoms with Crippen molar-refractivity contribution in [3.63, 3.8) is 0 Å². The number of halogens is 5. The Bertz CT molecular complexity index is 793.